The molecule has 6 nitrogen and oxygen atoms in total. The van der Waals surface area contributed by atoms with Gasteiger partial charge in [0.05, 0.1) is 29.1 Å². The van der Waals surface area contributed by atoms with Crippen molar-refractivity contribution in [2.45, 2.75) is 19.4 Å². The van der Waals surface area contributed by atoms with Gasteiger partial charge in [-0.2, -0.15) is 14.8 Å². The van der Waals surface area contributed by atoms with E-state index in [2.05, 4.69) is 16.2 Å². The molecule has 0 aliphatic rings. The van der Waals surface area contributed by atoms with Gasteiger partial charge in [0.2, 0.25) is 5.95 Å². The van der Waals surface area contributed by atoms with Gasteiger partial charge < -0.3 is 9.84 Å². The van der Waals surface area contributed by atoms with Crippen LogP contribution >= 0.6 is 0 Å². The van der Waals surface area contributed by atoms with Crippen LogP contribution in [0.1, 0.15) is 19.4 Å². The third-order valence-corrected chi connectivity index (χ3v) is 3.34. The number of aromatic nitrogens is 3. The number of rotatable bonds is 4. The summed E-state index contributed by atoms with van der Waals surface area (Å²) in [6.07, 6.45) is 4.47. The highest BCUT2D eigenvalue weighted by Gasteiger charge is 2.17. The number of ether oxygens (including phenoxy) is 1. The van der Waals surface area contributed by atoms with Crippen LogP contribution in [0.25, 0.3) is 16.6 Å². The molecule has 0 bridgehead atoms. The molecule has 0 saturated carbocycles. The van der Waals surface area contributed by atoms with Crippen molar-refractivity contribution in [2.75, 3.05) is 6.61 Å². The molecule has 1 N–H and O–H groups in total. The van der Waals surface area contributed by atoms with Crippen LogP contribution in [-0.2, 0) is 0 Å². The van der Waals surface area contributed by atoms with Crippen molar-refractivity contribution in [2.24, 2.45) is 0 Å². The highest BCUT2D eigenvalue weighted by molar-refractivity contribution is 5.84. The number of nitriles is 1. The van der Waals surface area contributed by atoms with Crippen molar-refractivity contribution < 1.29 is 14.2 Å². The minimum atomic E-state index is -0.992. The quantitative estimate of drug-likeness (QED) is 0.745. The van der Waals surface area contributed by atoms with Gasteiger partial charge in [-0.1, -0.05) is 0 Å². The lowest BCUT2D eigenvalue weighted by molar-refractivity contribution is 0.0283. The number of pyridine rings is 2. The monoisotopic (exact) mass is 326 g/mol. The van der Waals surface area contributed by atoms with Crippen LogP contribution in [0.3, 0.4) is 0 Å². The molecule has 0 spiro atoms. The first-order valence-corrected chi connectivity index (χ1v) is 7.26. The number of fused-ring (bicyclic) bond motifs is 1. The maximum Gasteiger partial charge on any atom is 0.212 e. The van der Waals surface area contributed by atoms with Crippen molar-refractivity contribution in [3.63, 3.8) is 0 Å². The largest absolute Gasteiger partial charge is 0.489 e. The Bertz CT molecular complexity index is 921. The third kappa shape index (κ3) is 3.19. The number of halogens is 1. The Kier molecular flexibility index (Phi) is 3.91. The average Bonchev–Trinajstić information content (AvgIpc) is 2.95. The Morgan fingerprint density at radius 2 is 2.17 bits per heavy atom. The molecular weight excluding hydrogens is 311 g/mol. The summed E-state index contributed by atoms with van der Waals surface area (Å²) < 4.78 is 20.2. The Labute approximate surface area is 137 Å². The van der Waals surface area contributed by atoms with Crippen molar-refractivity contribution in [1.82, 2.24) is 14.6 Å². The standard InChI is InChI=1S/C17H15FN4O2/c1-17(2,23)10-24-13-5-14(11-3-4-15(18)20-7-11)16-12(6-19)8-21-22(16)9-13/h3-5,7-9,23H,10H2,1-2H3. The molecule has 0 aliphatic carbocycles. The first kappa shape index (κ1) is 15.9. The zero-order chi connectivity index (χ0) is 17.3. The lowest BCUT2D eigenvalue weighted by Crippen LogP contribution is -2.27. The molecule has 0 aliphatic heterocycles. The molecule has 3 rings (SSSR count). The van der Waals surface area contributed by atoms with Crippen molar-refractivity contribution in [3.8, 4) is 22.9 Å². The van der Waals surface area contributed by atoms with Gasteiger partial charge in [-0.15, -0.1) is 0 Å². The van der Waals surface area contributed by atoms with Crippen LogP contribution in [0.2, 0.25) is 0 Å². The minimum Gasteiger partial charge on any atom is -0.489 e. The summed E-state index contributed by atoms with van der Waals surface area (Å²) in [4.78, 5) is 3.66. The number of aliphatic hydroxyl groups is 1. The topological polar surface area (TPSA) is 83.4 Å². The molecular formula is C17H15FN4O2. The summed E-state index contributed by atoms with van der Waals surface area (Å²) in [5.41, 5.74) is 1.26. The molecule has 7 heteroatoms. The Morgan fingerprint density at radius 1 is 1.38 bits per heavy atom. The molecule has 0 atom stereocenters. The first-order chi connectivity index (χ1) is 11.4. The molecule has 3 heterocycles. The van der Waals surface area contributed by atoms with Gasteiger partial charge in [-0.25, -0.2) is 9.50 Å². The van der Waals surface area contributed by atoms with Gasteiger partial charge in [0.1, 0.15) is 18.4 Å². The van der Waals surface area contributed by atoms with E-state index in [4.69, 9.17) is 4.74 Å². The number of nitrogens with zero attached hydrogens (tertiary/aromatic N) is 4. The predicted octanol–water partition coefficient (Wildman–Crippen LogP) is 2.56. The van der Waals surface area contributed by atoms with Crippen LogP contribution in [0.4, 0.5) is 4.39 Å². The van der Waals surface area contributed by atoms with E-state index in [9.17, 15) is 14.8 Å². The average molecular weight is 326 g/mol. The maximum atomic E-state index is 13.1. The van der Waals surface area contributed by atoms with Crippen molar-refractivity contribution in [3.05, 3.63) is 48.3 Å². The molecule has 3 aromatic rings. The van der Waals surface area contributed by atoms with Gasteiger partial charge >= 0.3 is 0 Å². The summed E-state index contributed by atoms with van der Waals surface area (Å²) in [6.45, 7) is 3.36. The zero-order valence-corrected chi connectivity index (χ0v) is 13.2. The SMILES string of the molecule is CC(C)(O)COc1cc(-c2ccc(F)nc2)c2c(C#N)cnn2c1. The first-order valence-electron chi connectivity index (χ1n) is 7.26. The fraction of sp³-hybridized carbons (Fsp3) is 0.235. The summed E-state index contributed by atoms with van der Waals surface area (Å²) in [7, 11) is 0. The smallest absolute Gasteiger partial charge is 0.212 e. The summed E-state index contributed by atoms with van der Waals surface area (Å²) in [5.74, 6) is -0.116. The fourth-order valence-corrected chi connectivity index (χ4v) is 2.27. The van der Waals surface area contributed by atoms with E-state index in [0.717, 1.165) is 0 Å². The molecule has 0 fully saturated rings. The number of hydrogen-bond acceptors (Lipinski definition) is 5. The van der Waals surface area contributed by atoms with Crippen LogP contribution < -0.4 is 4.74 Å². The molecule has 122 valence electrons. The van der Waals surface area contributed by atoms with Crippen LogP contribution in [0, 0.1) is 17.3 Å². The molecule has 3 aromatic heterocycles. The lowest BCUT2D eigenvalue weighted by atomic mass is 10.1. The maximum absolute atomic E-state index is 13.1. The molecule has 0 radical (unpaired) electrons. The Morgan fingerprint density at radius 3 is 2.79 bits per heavy atom. The predicted molar refractivity (Wildman–Crippen MR) is 84.9 cm³/mol. The second-order valence-electron chi connectivity index (χ2n) is 6.02. The van der Waals surface area contributed by atoms with Gasteiger partial charge in [0.25, 0.3) is 0 Å². The second kappa shape index (κ2) is 5.91. The molecule has 0 saturated heterocycles. The summed E-state index contributed by atoms with van der Waals surface area (Å²) in [5, 5.41) is 23.2. The van der Waals surface area contributed by atoms with Gasteiger partial charge in [-0.3, -0.25) is 0 Å². The van der Waals surface area contributed by atoms with Crippen LogP contribution in [-0.4, -0.2) is 31.9 Å². The van der Waals surface area contributed by atoms with E-state index >= 15 is 0 Å². The van der Waals surface area contributed by atoms with Crippen molar-refractivity contribution in [1.29, 1.82) is 5.26 Å². The lowest BCUT2D eigenvalue weighted by Gasteiger charge is -2.18. The minimum absolute atomic E-state index is 0.0893. The highest BCUT2D eigenvalue weighted by atomic mass is 19.1. The Hall–Kier alpha value is -2.98. The number of hydrogen-bond donors (Lipinski definition) is 1. The van der Waals surface area contributed by atoms with E-state index in [0.29, 0.717) is 28.0 Å². The van der Waals surface area contributed by atoms with E-state index in [1.54, 1.807) is 32.2 Å². The molecule has 24 heavy (non-hydrogen) atoms. The van der Waals surface area contributed by atoms with E-state index < -0.39 is 11.5 Å². The van der Waals surface area contributed by atoms with E-state index in [-0.39, 0.29) is 6.61 Å². The van der Waals surface area contributed by atoms with Gasteiger partial charge in [-0.05, 0) is 32.0 Å². The highest BCUT2D eigenvalue weighted by Crippen LogP contribution is 2.30. The normalized spacial score (nSPS) is 11.5. The van der Waals surface area contributed by atoms with Crippen LogP contribution in [0.15, 0.2) is 36.8 Å². The van der Waals surface area contributed by atoms with Crippen LogP contribution in [0.5, 0.6) is 5.75 Å². The molecule has 0 unspecified atom stereocenters. The molecule has 0 aromatic carbocycles. The molecule has 0 amide bonds. The van der Waals surface area contributed by atoms with E-state index in [1.165, 1.54) is 23.0 Å². The fourth-order valence-electron chi connectivity index (χ4n) is 2.27. The zero-order valence-electron chi connectivity index (χ0n) is 13.2. The van der Waals surface area contributed by atoms with Gasteiger partial charge in [0.15, 0.2) is 0 Å². The van der Waals surface area contributed by atoms with E-state index in [1.807, 2.05) is 0 Å². The Balaban J connectivity index is 2.14. The second-order valence-corrected chi connectivity index (χ2v) is 6.02. The summed E-state index contributed by atoms with van der Waals surface area (Å²) in [6, 6.07) is 6.63. The van der Waals surface area contributed by atoms with Crippen molar-refractivity contribution >= 4 is 5.52 Å². The third-order valence-electron chi connectivity index (χ3n) is 3.34. The summed E-state index contributed by atoms with van der Waals surface area (Å²) >= 11 is 0. The van der Waals surface area contributed by atoms with Gasteiger partial charge in [0, 0.05) is 17.3 Å².